The van der Waals surface area contributed by atoms with Gasteiger partial charge < -0.3 is 10.2 Å². The molecule has 1 saturated carbocycles. The predicted molar refractivity (Wildman–Crippen MR) is 65.5 cm³/mol. The summed E-state index contributed by atoms with van der Waals surface area (Å²) in [5.41, 5.74) is 0. The zero-order chi connectivity index (χ0) is 13.5. The average molecular weight is 274 g/mol. The fraction of sp³-hybridized carbons (Fsp3) is 0.818. The van der Waals surface area contributed by atoms with Crippen molar-refractivity contribution < 1.29 is 18.0 Å². The Morgan fingerprint density at radius 1 is 1.39 bits per heavy atom. The van der Waals surface area contributed by atoms with E-state index in [1.807, 2.05) is 0 Å². The number of amides is 2. The number of hydrogen-bond donors (Lipinski definition) is 1. The van der Waals surface area contributed by atoms with E-state index in [2.05, 4.69) is 5.32 Å². The Kier molecular flexibility index (Phi) is 3.35. The van der Waals surface area contributed by atoms with Crippen molar-refractivity contribution in [3.8, 4) is 0 Å². The molecule has 1 heterocycles. The van der Waals surface area contributed by atoms with E-state index in [1.165, 1.54) is 4.90 Å². The lowest BCUT2D eigenvalue weighted by molar-refractivity contribution is -0.146. The maximum atomic E-state index is 12.2. The number of nitrogens with one attached hydrogen (secondary N) is 1. The van der Waals surface area contributed by atoms with Gasteiger partial charge in [0.25, 0.3) is 0 Å². The van der Waals surface area contributed by atoms with Crippen LogP contribution in [-0.2, 0) is 19.4 Å². The fourth-order valence-electron chi connectivity index (χ4n) is 2.34. The van der Waals surface area contributed by atoms with Crippen LogP contribution >= 0.6 is 0 Å². The molecule has 1 saturated heterocycles. The van der Waals surface area contributed by atoms with Crippen LogP contribution in [0.15, 0.2) is 0 Å². The normalized spacial score (nSPS) is 27.0. The first-order chi connectivity index (χ1) is 8.28. The number of rotatable bonds is 4. The Labute approximate surface area is 107 Å². The standard InChI is InChI=1S/C11H18N2O4S/c1-7(6-18(2,16)17)13-5-9(14)12-10(11(13)15)8-3-4-8/h7-8,10H,3-6H2,1-2H3,(H,12,14). The number of hydrogen-bond acceptors (Lipinski definition) is 4. The van der Waals surface area contributed by atoms with Gasteiger partial charge in [0.05, 0.1) is 12.3 Å². The first-order valence-corrected chi connectivity index (χ1v) is 8.11. The van der Waals surface area contributed by atoms with Crippen molar-refractivity contribution in [1.82, 2.24) is 10.2 Å². The van der Waals surface area contributed by atoms with E-state index >= 15 is 0 Å². The summed E-state index contributed by atoms with van der Waals surface area (Å²) >= 11 is 0. The van der Waals surface area contributed by atoms with Gasteiger partial charge in [-0.3, -0.25) is 9.59 Å². The lowest BCUT2D eigenvalue weighted by Gasteiger charge is -2.36. The second-order valence-electron chi connectivity index (χ2n) is 5.29. The molecule has 1 aliphatic heterocycles. The zero-order valence-corrected chi connectivity index (χ0v) is 11.4. The number of nitrogens with zero attached hydrogens (tertiary/aromatic N) is 1. The van der Waals surface area contributed by atoms with Crippen molar-refractivity contribution >= 4 is 21.7 Å². The Morgan fingerprint density at radius 2 is 2.00 bits per heavy atom. The summed E-state index contributed by atoms with van der Waals surface area (Å²) in [4.78, 5) is 25.2. The molecule has 2 rings (SSSR count). The highest BCUT2D eigenvalue weighted by Gasteiger charge is 2.43. The van der Waals surface area contributed by atoms with Gasteiger partial charge in [0, 0.05) is 12.3 Å². The van der Waals surface area contributed by atoms with Crippen LogP contribution in [0.5, 0.6) is 0 Å². The number of carbonyl (C=O) groups is 2. The third-order valence-electron chi connectivity index (χ3n) is 3.35. The lowest BCUT2D eigenvalue weighted by Crippen LogP contribution is -2.61. The van der Waals surface area contributed by atoms with E-state index in [1.54, 1.807) is 6.92 Å². The fourth-order valence-corrected chi connectivity index (χ4v) is 3.40. The van der Waals surface area contributed by atoms with Gasteiger partial charge in [-0.1, -0.05) is 0 Å². The maximum Gasteiger partial charge on any atom is 0.246 e. The van der Waals surface area contributed by atoms with Gasteiger partial charge in [-0.15, -0.1) is 0 Å². The predicted octanol–water partition coefficient (Wildman–Crippen LogP) is -0.843. The van der Waals surface area contributed by atoms with E-state index in [0.29, 0.717) is 0 Å². The highest BCUT2D eigenvalue weighted by Crippen LogP contribution is 2.34. The van der Waals surface area contributed by atoms with E-state index < -0.39 is 21.9 Å². The maximum absolute atomic E-state index is 12.2. The highest BCUT2D eigenvalue weighted by molar-refractivity contribution is 7.90. The summed E-state index contributed by atoms with van der Waals surface area (Å²) in [5, 5.41) is 2.70. The van der Waals surface area contributed by atoms with Gasteiger partial charge >= 0.3 is 0 Å². The molecule has 0 radical (unpaired) electrons. The molecule has 1 aliphatic carbocycles. The molecule has 0 spiro atoms. The molecule has 0 aromatic rings. The van der Waals surface area contributed by atoms with Crippen LogP contribution in [0.25, 0.3) is 0 Å². The molecule has 1 N–H and O–H groups in total. The quantitative estimate of drug-likeness (QED) is 0.724. The van der Waals surface area contributed by atoms with Crippen LogP contribution < -0.4 is 5.32 Å². The lowest BCUT2D eigenvalue weighted by atomic mass is 10.1. The highest BCUT2D eigenvalue weighted by atomic mass is 32.2. The van der Waals surface area contributed by atoms with Crippen molar-refractivity contribution in [2.24, 2.45) is 5.92 Å². The van der Waals surface area contributed by atoms with E-state index in [0.717, 1.165) is 19.1 Å². The molecule has 6 nitrogen and oxygen atoms in total. The van der Waals surface area contributed by atoms with Crippen molar-refractivity contribution in [3.05, 3.63) is 0 Å². The van der Waals surface area contributed by atoms with Gasteiger partial charge in [0.1, 0.15) is 15.9 Å². The smallest absolute Gasteiger partial charge is 0.246 e. The van der Waals surface area contributed by atoms with Crippen molar-refractivity contribution in [2.45, 2.75) is 31.8 Å². The van der Waals surface area contributed by atoms with Gasteiger partial charge in [-0.2, -0.15) is 0 Å². The number of carbonyl (C=O) groups excluding carboxylic acids is 2. The minimum Gasteiger partial charge on any atom is -0.342 e. The van der Waals surface area contributed by atoms with Crippen LogP contribution in [0.4, 0.5) is 0 Å². The molecule has 0 bridgehead atoms. The summed E-state index contributed by atoms with van der Waals surface area (Å²) in [7, 11) is -3.16. The summed E-state index contributed by atoms with van der Waals surface area (Å²) in [6.45, 7) is 1.63. The van der Waals surface area contributed by atoms with Crippen LogP contribution in [0.1, 0.15) is 19.8 Å². The third kappa shape index (κ3) is 3.01. The summed E-state index contributed by atoms with van der Waals surface area (Å²) in [6.07, 6.45) is 3.03. The van der Waals surface area contributed by atoms with Crippen LogP contribution in [0, 0.1) is 5.92 Å². The van der Waals surface area contributed by atoms with Gasteiger partial charge in [-0.25, -0.2) is 8.42 Å². The van der Waals surface area contributed by atoms with Crippen LogP contribution in [0.3, 0.4) is 0 Å². The summed E-state index contributed by atoms with van der Waals surface area (Å²) < 4.78 is 22.5. The van der Waals surface area contributed by atoms with E-state index in [-0.39, 0.29) is 30.0 Å². The minimum atomic E-state index is -3.16. The minimum absolute atomic E-state index is 0.0429. The van der Waals surface area contributed by atoms with Crippen molar-refractivity contribution in [3.63, 3.8) is 0 Å². The summed E-state index contributed by atoms with van der Waals surface area (Å²) in [6, 6.07) is -0.909. The van der Waals surface area contributed by atoms with Crippen molar-refractivity contribution in [1.29, 1.82) is 0 Å². The largest absolute Gasteiger partial charge is 0.342 e. The Morgan fingerprint density at radius 3 is 2.50 bits per heavy atom. The topological polar surface area (TPSA) is 83.6 Å². The Balaban J connectivity index is 2.10. The van der Waals surface area contributed by atoms with Gasteiger partial charge in [0.2, 0.25) is 11.8 Å². The molecule has 0 aromatic carbocycles. The first kappa shape index (κ1) is 13.3. The SMILES string of the molecule is CC(CS(C)(=O)=O)N1CC(=O)NC(C2CC2)C1=O. The van der Waals surface area contributed by atoms with Gasteiger partial charge in [-0.05, 0) is 25.7 Å². The number of piperazine rings is 1. The second-order valence-corrected chi connectivity index (χ2v) is 7.48. The monoisotopic (exact) mass is 274 g/mol. The Hall–Kier alpha value is -1.11. The molecule has 2 fully saturated rings. The molecule has 2 unspecified atom stereocenters. The first-order valence-electron chi connectivity index (χ1n) is 6.05. The molecular weight excluding hydrogens is 256 g/mol. The molecule has 102 valence electrons. The number of sulfone groups is 1. The summed E-state index contributed by atoms with van der Waals surface area (Å²) in [5.74, 6) is -0.224. The molecule has 2 atom stereocenters. The molecule has 18 heavy (non-hydrogen) atoms. The second kappa shape index (κ2) is 4.53. The molecule has 2 amide bonds. The third-order valence-corrected chi connectivity index (χ3v) is 4.44. The van der Waals surface area contributed by atoms with Crippen LogP contribution in [-0.4, -0.2) is 55.8 Å². The van der Waals surface area contributed by atoms with E-state index in [4.69, 9.17) is 0 Å². The molecule has 2 aliphatic rings. The van der Waals surface area contributed by atoms with Gasteiger partial charge in [0.15, 0.2) is 0 Å². The molecular formula is C11H18N2O4S. The molecule has 0 aromatic heterocycles. The zero-order valence-electron chi connectivity index (χ0n) is 10.5. The van der Waals surface area contributed by atoms with Crippen molar-refractivity contribution in [2.75, 3.05) is 18.6 Å². The molecule has 7 heteroatoms. The average Bonchev–Trinajstić information content (AvgIpc) is 3.01. The van der Waals surface area contributed by atoms with E-state index in [9.17, 15) is 18.0 Å². The Bertz CT molecular complexity index is 469. The van der Waals surface area contributed by atoms with Crippen LogP contribution in [0.2, 0.25) is 0 Å².